The Hall–Kier alpha value is -2.68. The van der Waals surface area contributed by atoms with Gasteiger partial charge in [0.15, 0.2) is 0 Å². The van der Waals surface area contributed by atoms with Crippen LogP contribution in [0.4, 0.5) is 10.5 Å². The highest BCUT2D eigenvalue weighted by Crippen LogP contribution is 2.13. The number of ether oxygens (including phenoxy) is 2. The van der Waals surface area contributed by atoms with Gasteiger partial charge in [0.1, 0.15) is 5.60 Å². The summed E-state index contributed by atoms with van der Waals surface area (Å²) in [5.41, 5.74) is 6.53. The molecule has 0 heterocycles. The quantitative estimate of drug-likeness (QED) is 0.495. The van der Waals surface area contributed by atoms with Gasteiger partial charge in [-0.1, -0.05) is 11.8 Å². The first kappa shape index (κ1) is 17.4. The van der Waals surface area contributed by atoms with Crippen molar-refractivity contribution in [3.63, 3.8) is 0 Å². The molecule has 0 saturated carbocycles. The van der Waals surface area contributed by atoms with Gasteiger partial charge in [0.25, 0.3) is 0 Å². The fourth-order valence-electron chi connectivity index (χ4n) is 1.48. The van der Waals surface area contributed by atoms with E-state index in [4.69, 9.17) is 10.5 Å². The Morgan fingerprint density at radius 2 is 2.00 bits per heavy atom. The molecular weight excluding hydrogens is 284 g/mol. The molecule has 118 valence electrons. The first-order valence-corrected chi connectivity index (χ1v) is 6.66. The standard InChI is InChI=1S/C16H20N2O4/c1-16(2,3)22-15(20)18-9-5-6-11-10-12(14(19)21-4)7-8-13(11)17/h7-8,10H,9,17H2,1-4H3,(H,18,20). The van der Waals surface area contributed by atoms with Gasteiger partial charge in [-0.25, -0.2) is 9.59 Å². The van der Waals surface area contributed by atoms with Gasteiger partial charge in [-0.15, -0.1) is 0 Å². The van der Waals surface area contributed by atoms with E-state index in [1.165, 1.54) is 7.11 Å². The van der Waals surface area contributed by atoms with Crippen LogP contribution in [0.3, 0.4) is 0 Å². The largest absolute Gasteiger partial charge is 0.465 e. The third kappa shape index (κ3) is 5.75. The van der Waals surface area contributed by atoms with Crippen LogP contribution >= 0.6 is 0 Å². The van der Waals surface area contributed by atoms with Crippen LogP contribution in [0.1, 0.15) is 36.7 Å². The van der Waals surface area contributed by atoms with Crippen LogP contribution in [0.5, 0.6) is 0 Å². The SMILES string of the molecule is COC(=O)c1ccc(N)c(C#CCNC(=O)OC(C)(C)C)c1. The minimum Gasteiger partial charge on any atom is -0.465 e. The molecule has 0 aromatic heterocycles. The summed E-state index contributed by atoms with van der Waals surface area (Å²) in [6.45, 7) is 5.43. The lowest BCUT2D eigenvalue weighted by molar-refractivity contribution is 0.0533. The number of carbonyl (C=O) groups is 2. The summed E-state index contributed by atoms with van der Waals surface area (Å²) in [7, 11) is 1.30. The van der Waals surface area contributed by atoms with Crippen LogP contribution in [0, 0.1) is 11.8 Å². The van der Waals surface area contributed by atoms with Crippen LogP contribution in [0.15, 0.2) is 18.2 Å². The molecule has 1 aromatic rings. The molecule has 0 radical (unpaired) electrons. The number of amides is 1. The molecule has 1 amide bonds. The highest BCUT2D eigenvalue weighted by Gasteiger charge is 2.15. The van der Waals surface area contributed by atoms with E-state index in [0.717, 1.165) is 0 Å². The minimum atomic E-state index is -0.559. The maximum atomic E-state index is 11.4. The second kappa shape index (κ2) is 7.36. The smallest absolute Gasteiger partial charge is 0.408 e. The van der Waals surface area contributed by atoms with Gasteiger partial charge in [0, 0.05) is 11.3 Å². The molecule has 1 aromatic carbocycles. The van der Waals surface area contributed by atoms with Crippen molar-refractivity contribution in [1.29, 1.82) is 0 Å². The first-order valence-electron chi connectivity index (χ1n) is 6.66. The second-order valence-electron chi connectivity index (χ2n) is 5.45. The predicted molar refractivity (Wildman–Crippen MR) is 83.3 cm³/mol. The van der Waals surface area contributed by atoms with E-state index in [1.807, 2.05) is 0 Å². The molecule has 0 aliphatic carbocycles. The lowest BCUT2D eigenvalue weighted by atomic mass is 10.1. The van der Waals surface area contributed by atoms with E-state index in [9.17, 15) is 9.59 Å². The Morgan fingerprint density at radius 1 is 1.32 bits per heavy atom. The summed E-state index contributed by atoms with van der Waals surface area (Å²) in [5, 5.41) is 2.51. The number of hydrogen-bond donors (Lipinski definition) is 2. The molecule has 0 bridgehead atoms. The molecule has 0 spiro atoms. The highest BCUT2D eigenvalue weighted by atomic mass is 16.6. The maximum Gasteiger partial charge on any atom is 0.408 e. The zero-order valence-corrected chi connectivity index (χ0v) is 13.1. The number of benzene rings is 1. The summed E-state index contributed by atoms with van der Waals surface area (Å²) in [6, 6.07) is 4.69. The minimum absolute atomic E-state index is 0.108. The van der Waals surface area contributed by atoms with Crippen molar-refractivity contribution in [1.82, 2.24) is 5.32 Å². The summed E-state index contributed by atoms with van der Waals surface area (Å²) < 4.78 is 9.71. The lowest BCUT2D eigenvalue weighted by Gasteiger charge is -2.19. The van der Waals surface area contributed by atoms with E-state index in [0.29, 0.717) is 16.8 Å². The Labute approximate surface area is 130 Å². The zero-order valence-electron chi connectivity index (χ0n) is 13.1. The first-order chi connectivity index (χ1) is 10.2. The lowest BCUT2D eigenvalue weighted by Crippen LogP contribution is -2.32. The molecule has 0 aliphatic rings. The van der Waals surface area contributed by atoms with Gasteiger partial charge in [0.05, 0.1) is 19.2 Å². The molecule has 0 aliphatic heterocycles. The fourth-order valence-corrected chi connectivity index (χ4v) is 1.48. The monoisotopic (exact) mass is 304 g/mol. The summed E-state index contributed by atoms with van der Waals surface area (Å²) in [6.07, 6.45) is -0.543. The molecule has 1 rings (SSSR count). The van der Waals surface area contributed by atoms with Gasteiger partial charge >= 0.3 is 12.1 Å². The average Bonchev–Trinajstić information content (AvgIpc) is 2.42. The van der Waals surface area contributed by atoms with Crippen LogP contribution in [0.2, 0.25) is 0 Å². The van der Waals surface area contributed by atoms with Crippen molar-refractivity contribution >= 4 is 17.7 Å². The molecule has 0 atom stereocenters. The third-order valence-corrected chi connectivity index (χ3v) is 2.42. The van der Waals surface area contributed by atoms with Crippen molar-refractivity contribution in [3.8, 4) is 11.8 Å². The van der Waals surface area contributed by atoms with Gasteiger partial charge in [-0.3, -0.25) is 0 Å². The highest BCUT2D eigenvalue weighted by molar-refractivity contribution is 5.90. The van der Waals surface area contributed by atoms with E-state index >= 15 is 0 Å². The summed E-state index contributed by atoms with van der Waals surface area (Å²) in [5.74, 6) is 5.08. The van der Waals surface area contributed by atoms with Gasteiger partial charge < -0.3 is 20.5 Å². The Balaban J connectivity index is 2.68. The van der Waals surface area contributed by atoms with Crippen LogP contribution in [0.25, 0.3) is 0 Å². The Bertz CT molecular complexity index is 621. The molecule has 0 saturated heterocycles. The number of alkyl carbamates (subject to hydrolysis) is 1. The number of nitrogen functional groups attached to an aromatic ring is 1. The average molecular weight is 304 g/mol. The van der Waals surface area contributed by atoms with E-state index in [2.05, 4.69) is 21.9 Å². The number of nitrogens with one attached hydrogen (secondary N) is 1. The molecule has 3 N–H and O–H groups in total. The summed E-state index contributed by atoms with van der Waals surface area (Å²) in [4.78, 5) is 22.9. The number of methoxy groups -OCH3 is 1. The summed E-state index contributed by atoms with van der Waals surface area (Å²) >= 11 is 0. The van der Waals surface area contributed by atoms with Crippen molar-refractivity contribution in [2.75, 3.05) is 19.4 Å². The second-order valence-corrected chi connectivity index (χ2v) is 5.45. The number of nitrogens with two attached hydrogens (primary N) is 1. The number of anilines is 1. The topological polar surface area (TPSA) is 90.6 Å². The number of hydrogen-bond acceptors (Lipinski definition) is 5. The van der Waals surface area contributed by atoms with Crippen molar-refractivity contribution < 1.29 is 19.1 Å². The van der Waals surface area contributed by atoms with Crippen molar-refractivity contribution in [2.24, 2.45) is 0 Å². The molecule has 6 heteroatoms. The van der Waals surface area contributed by atoms with Gasteiger partial charge in [-0.2, -0.15) is 0 Å². The number of rotatable bonds is 2. The van der Waals surface area contributed by atoms with Crippen molar-refractivity contribution in [3.05, 3.63) is 29.3 Å². The Kier molecular flexibility index (Phi) is 5.81. The zero-order chi connectivity index (χ0) is 16.8. The molecule has 0 fully saturated rings. The fraction of sp³-hybridized carbons (Fsp3) is 0.375. The number of esters is 1. The van der Waals surface area contributed by atoms with E-state index in [-0.39, 0.29) is 6.54 Å². The molecule has 0 unspecified atom stereocenters. The molecular formula is C16H20N2O4. The molecule has 22 heavy (non-hydrogen) atoms. The number of carbonyl (C=O) groups excluding carboxylic acids is 2. The van der Waals surface area contributed by atoms with Crippen LogP contribution in [-0.2, 0) is 9.47 Å². The maximum absolute atomic E-state index is 11.4. The van der Waals surface area contributed by atoms with Crippen LogP contribution in [-0.4, -0.2) is 31.3 Å². The van der Waals surface area contributed by atoms with E-state index in [1.54, 1.807) is 39.0 Å². The van der Waals surface area contributed by atoms with Gasteiger partial charge in [0.2, 0.25) is 0 Å². The predicted octanol–water partition coefficient (Wildman–Crippen LogP) is 1.93. The normalized spacial score (nSPS) is 10.2. The molecule has 6 nitrogen and oxygen atoms in total. The van der Waals surface area contributed by atoms with E-state index < -0.39 is 17.7 Å². The van der Waals surface area contributed by atoms with Crippen molar-refractivity contribution in [2.45, 2.75) is 26.4 Å². The van der Waals surface area contributed by atoms with Gasteiger partial charge in [-0.05, 0) is 39.0 Å². The van der Waals surface area contributed by atoms with Crippen LogP contribution < -0.4 is 11.1 Å². The Morgan fingerprint density at radius 3 is 2.59 bits per heavy atom. The third-order valence-electron chi connectivity index (χ3n) is 2.42.